The van der Waals surface area contributed by atoms with E-state index in [9.17, 15) is 4.79 Å². The summed E-state index contributed by atoms with van der Waals surface area (Å²) in [4.78, 5) is 11.8. The number of aryl methyl sites for hydroxylation is 1. The summed E-state index contributed by atoms with van der Waals surface area (Å²) in [6, 6.07) is 2.32. The van der Waals surface area contributed by atoms with E-state index in [0.29, 0.717) is 25.5 Å². The molecule has 122 valence electrons. The van der Waals surface area contributed by atoms with Crippen molar-refractivity contribution < 1.29 is 9.53 Å². The lowest BCUT2D eigenvalue weighted by molar-refractivity contribution is -0.122. The zero-order chi connectivity index (χ0) is 16.1. The summed E-state index contributed by atoms with van der Waals surface area (Å²) in [6.45, 7) is 4.45. The first-order valence-electron chi connectivity index (χ1n) is 7.86. The average Bonchev–Trinajstić information content (AvgIpc) is 2.99. The minimum absolute atomic E-state index is 0.137. The molecular formula is C17H23BrClNO2. The van der Waals surface area contributed by atoms with Crippen LogP contribution in [0.4, 0.5) is 0 Å². The molecule has 0 spiro atoms. The largest absolute Gasteiger partial charge is 0.492 e. The first-order valence-corrected chi connectivity index (χ1v) is 9.03. The molecule has 3 nitrogen and oxygen atoms in total. The summed E-state index contributed by atoms with van der Waals surface area (Å²) >= 11 is 9.72. The highest BCUT2D eigenvalue weighted by Gasteiger charge is 2.16. The summed E-state index contributed by atoms with van der Waals surface area (Å²) in [7, 11) is 0. The number of hydrogen-bond acceptors (Lipinski definition) is 2. The average molecular weight is 389 g/mol. The highest BCUT2D eigenvalue weighted by molar-refractivity contribution is 9.10. The molecule has 0 aromatic heterocycles. The SMILES string of the molecule is Cc1cc(OCCCC(=O)NC2CCCC2)c(Br)c(C)c1Cl. The zero-order valence-corrected chi connectivity index (χ0v) is 15.5. The van der Waals surface area contributed by atoms with Crippen molar-refractivity contribution in [2.45, 2.75) is 58.4 Å². The van der Waals surface area contributed by atoms with Crippen LogP contribution < -0.4 is 10.1 Å². The monoisotopic (exact) mass is 387 g/mol. The smallest absolute Gasteiger partial charge is 0.220 e. The molecule has 1 amide bonds. The van der Waals surface area contributed by atoms with Crippen LogP contribution in [0.2, 0.25) is 5.02 Å². The summed E-state index contributed by atoms with van der Waals surface area (Å²) in [5.41, 5.74) is 1.98. The van der Waals surface area contributed by atoms with Crippen LogP contribution >= 0.6 is 27.5 Å². The molecule has 0 radical (unpaired) electrons. The molecule has 1 aliphatic rings. The van der Waals surface area contributed by atoms with Crippen molar-refractivity contribution in [2.24, 2.45) is 0 Å². The topological polar surface area (TPSA) is 38.3 Å². The number of carbonyl (C=O) groups excluding carboxylic acids is 1. The first kappa shape index (κ1) is 17.6. The minimum Gasteiger partial charge on any atom is -0.492 e. The van der Waals surface area contributed by atoms with Crippen LogP contribution in [0.1, 0.15) is 49.7 Å². The number of rotatable bonds is 6. The van der Waals surface area contributed by atoms with Gasteiger partial charge in [0.05, 0.1) is 11.1 Å². The molecule has 5 heteroatoms. The molecule has 1 fully saturated rings. The second-order valence-electron chi connectivity index (χ2n) is 5.95. The van der Waals surface area contributed by atoms with E-state index in [1.54, 1.807) is 0 Å². The van der Waals surface area contributed by atoms with Crippen molar-refractivity contribution in [1.29, 1.82) is 0 Å². The fourth-order valence-corrected chi connectivity index (χ4v) is 3.48. The van der Waals surface area contributed by atoms with E-state index in [4.69, 9.17) is 16.3 Å². The summed E-state index contributed by atoms with van der Waals surface area (Å²) in [6.07, 6.45) is 5.94. The maximum absolute atomic E-state index is 11.8. The van der Waals surface area contributed by atoms with Gasteiger partial charge in [-0.2, -0.15) is 0 Å². The predicted octanol–water partition coefficient (Wildman–Crippen LogP) is 4.94. The third-order valence-corrected chi connectivity index (χ3v) is 5.66. The van der Waals surface area contributed by atoms with Crippen molar-refractivity contribution in [2.75, 3.05) is 6.61 Å². The van der Waals surface area contributed by atoms with Crippen LogP contribution in [-0.4, -0.2) is 18.6 Å². The molecule has 2 rings (SSSR count). The van der Waals surface area contributed by atoms with E-state index in [2.05, 4.69) is 21.2 Å². The number of ether oxygens (including phenoxy) is 1. The summed E-state index contributed by atoms with van der Waals surface area (Å²) in [5.74, 6) is 0.925. The third-order valence-electron chi connectivity index (χ3n) is 4.09. The van der Waals surface area contributed by atoms with Gasteiger partial charge in [0.1, 0.15) is 5.75 Å². The molecular weight excluding hydrogens is 366 g/mol. The summed E-state index contributed by atoms with van der Waals surface area (Å²) < 4.78 is 6.68. The second kappa shape index (κ2) is 8.21. The number of carbonyl (C=O) groups is 1. The number of halogens is 2. The molecule has 0 heterocycles. The number of hydrogen-bond donors (Lipinski definition) is 1. The molecule has 0 atom stereocenters. The maximum Gasteiger partial charge on any atom is 0.220 e. The van der Waals surface area contributed by atoms with E-state index in [1.807, 2.05) is 19.9 Å². The van der Waals surface area contributed by atoms with E-state index in [1.165, 1.54) is 12.8 Å². The number of nitrogens with one attached hydrogen (secondary N) is 1. The lowest BCUT2D eigenvalue weighted by atomic mass is 10.1. The maximum atomic E-state index is 11.8. The Morgan fingerprint density at radius 3 is 2.77 bits per heavy atom. The van der Waals surface area contributed by atoms with E-state index >= 15 is 0 Å². The first-order chi connectivity index (χ1) is 10.5. The molecule has 0 bridgehead atoms. The Balaban J connectivity index is 1.75. The van der Waals surface area contributed by atoms with Crippen molar-refractivity contribution in [3.8, 4) is 5.75 Å². The summed E-state index contributed by atoms with van der Waals surface area (Å²) in [5, 5.41) is 3.85. The second-order valence-corrected chi connectivity index (χ2v) is 7.12. The fraction of sp³-hybridized carbons (Fsp3) is 0.588. The highest BCUT2D eigenvalue weighted by Crippen LogP contribution is 2.35. The number of benzene rings is 1. The molecule has 0 unspecified atom stereocenters. The van der Waals surface area contributed by atoms with Crippen molar-refractivity contribution in [1.82, 2.24) is 5.32 Å². The van der Waals surface area contributed by atoms with Gasteiger partial charge in [0.15, 0.2) is 0 Å². The van der Waals surface area contributed by atoms with Gasteiger partial charge in [-0.3, -0.25) is 4.79 Å². The zero-order valence-electron chi connectivity index (χ0n) is 13.2. The van der Waals surface area contributed by atoms with E-state index < -0.39 is 0 Å². The Morgan fingerprint density at radius 2 is 2.09 bits per heavy atom. The van der Waals surface area contributed by atoms with Crippen LogP contribution in [0.15, 0.2) is 10.5 Å². The van der Waals surface area contributed by atoms with Gasteiger partial charge >= 0.3 is 0 Å². The Labute approximate surface area is 145 Å². The molecule has 1 aliphatic carbocycles. The van der Waals surface area contributed by atoms with Crippen LogP contribution in [0, 0.1) is 13.8 Å². The molecule has 1 aromatic rings. The van der Waals surface area contributed by atoms with Crippen LogP contribution in [0.5, 0.6) is 5.75 Å². The van der Waals surface area contributed by atoms with Gasteiger partial charge in [-0.1, -0.05) is 24.4 Å². The van der Waals surface area contributed by atoms with Gasteiger partial charge < -0.3 is 10.1 Å². The lowest BCUT2D eigenvalue weighted by Gasteiger charge is -2.14. The molecule has 1 aromatic carbocycles. The standard InChI is InChI=1S/C17H23BrClNO2/c1-11-10-14(16(18)12(2)17(11)19)22-9-5-8-15(21)20-13-6-3-4-7-13/h10,13H,3-9H2,1-2H3,(H,20,21). The van der Waals surface area contributed by atoms with Crippen molar-refractivity contribution in [3.05, 3.63) is 26.7 Å². The normalized spacial score (nSPS) is 15.1. The third kappa shape index (κ3) is 4.63. The van der Waals surface area contributed by atoms with Crippen LogP contribution in [-0.2, 0) is 4.79 Å². The van der Waals surface area contributed by atoms with Crippen molar-refractivity contribution >= 4 is 33.4 Å². The molecule has 22 heavy (non-hydrogen) atoms. The fourth-order valence-electron chi connectivity index (χ4n) is 2.79. The van der Waals surface area contributed by atoms with E-state index in [0.717, 1.165) is 39.2 Å². The van der Waals surface area contributed by atoms with Gasteiger partial charge in [-0.25, -0.2) is 0 Å². The van der Waals surface area contributed by atoms with Crippen LogP contribution in [0.3, 0.4) is 0 Å². The lowest BCUT2D eigenvalue weighted by Crippen LogP contribution is -2.32. The van der Waals surface area contributed by atoms with Gasteiger partial charge in [0.25, 0.3) is 0 Å². The molecule has 1 N–H and O–H groups in total. The van der Waals surface area contributed by atoms with Gasteiger partial charge in [-0.15, -0.1) is 0 Å². The van der Waals surface area contributed by atoms with Crippen molar-refractivity contribution in [3.63, 3.8) is 0 Å². The van der Waals surface area contributed by atoms with Gasteiger partial charge in [0.2, 0.25) is 5.91 Å². The molecule has 0 aliphatic heterocycles. The Hall–Kier alpha value is -0.740. The van der Waals surface area contributed by atoms with Gasteiger partial charge in [0, 0.05) is 17.5 Å². The van der Waals surface area contributed by atoms with Crippen LogP contribution in [0.25, 0.3) is 0 Å². The van der Waals surface area contributed by atoms with Gasteiger partial charge in [-0.05, 0) is 66.2 Å². The van der Waals surface area contributed by atoms with E-state index in [-0.39, 0.29) is 5.91 Å². The Morgan fingerprint density at radius 1 is 1.41 bits per heavy atom. The quantitative estimate of drug-likeness (QED) is 0.701. The minimum atomic E-state index is 0.137. The number of amides is 1. The predicted molar refractivity (Wildman–Crippen MR) is 93.8 cm³/mol. The molecule has 0 saturated heterocycles. The molecule has 1 saturated carbocycles. The Kier molecular flexibility index (Phi) is 6.57. The highest BCUT2D eigenvalue weighted by atomic mass is 79.9. The Bertz CT molecular complexity index is 542.